The summed E-state index contributed by atoms with van der Waals surface area (Å²) in [6.07, 6.45) is 0. The van der Waals surface area contributed by atoms with Gasteiger partial charge in [-0.15, -0.1) is 23.7 Å². The predicted molar refractivity (Wildman–Crippen MR) is 101 cm³/mol. The Morgan fingerprint density at radius 2 is 1.71 bits per heavy atom. The normalized spacial score (nSPS) is 15.2. The second-order valence-corrected chi connectivity index (χ2v) is 7.27. The summed E-state index contributed by atoms with van der Waals surface area (Å²) in [5.74, 6) is 0.154. The van der Waals surface area contributed by atoms with Crippen LogP contribution in [0.3, 0.4) is 0 Å². The van der Waals surface area contributed by atoms with E-state index >= 15 is 0 Å². The van der Waals surface area contributed by atoms with Crippen LogP contribution in [0.4, 0.5) is 0 Å². The van der Waals surface area contributed by atoms with Gasteiger partial charge in [0.2, 0.25) is 0 Å². The van der Waals surface area contributed by atoms with Crippen molar-refractivity contribution in [2.24, 2.45) is 0 Å². The summed E-state index contributed by atoms with van der Waals surface area (Å²) in [4.78, 5) is 21.5. The molecule has 0 atom stereocenters. The van der Waals surface area contributed by atoms with Gasteiger partial charge in [-0.05, 0) is 32.9 Å². The van der Waals surface area contributed by atoms with Crippen molar-refractivity contribution < 1.29 is 4.79 Å². The molecule has 1 fully saturated rings. The summed E-state index contributed by atoms with van der Waals surface area (Å²) in [6.45, 7) is 10.4. The fraction of sp³-hybridized carbons (Fsp3) is 0.444. The summed E-state index contributed by atoms with van der Waals surface area (Å²) in [7, 11) is 0. The maximum Gasteiger partial charge on any atom is 0.253 e. The molecule has 0 radical (unpaired) electrons. The minimum Gasteiger partial charge on any atom is -0.336 e. The molecule has 24 heavy (non-hydrogen) atoms. The highest BCUT2D eigenvalue weighted by Gasteiger charge is 2.22. The molecule has 1 aromatic carbocycles. The zero-order valence-electron chi connectivity index (χ0n) is 14.4. The molecule has 0 saturated carbocycles. The molecule has 2 aromatic rings. The van der Waals surface area contributed by atoms with Crippen LogP contribution in [0.25, 0.3) is 0 Å². The third kappa shape index (κ3) is 4.56. The number of hydrogen-bond donors (Lipinski definition) is 0. The minimum absolute atomic E-state index is 0. The van der Waals surface area contributed by atoms with E-state index in [-0.39, 0.29) is 18.3 Å². The highest BCUT2D eigenvalue weighted by Crippen LogP contribution is 2.16. The van der Waals surface area contributed by atoms with E-state index in [2.05, 4.69) is 21.3 Å². The second kappa shape index (κ2) is 8.10. The number of hydrogen-bond acceptors (Lipinski definition) is 4. The van der Waals surface area contributed by atoms with Crippen LogP contribution >= 0.6 is 23.7 Å². The number of amides is 1. The number of rotatable bonds is 3. The topological polar surface area (TPSA) is 36.4 Å². The molecule has 0 aliphatic carbocycles. The molecule has 0 spiro atoms. The van der Waals surface area contributed by atoms with Crippen LogP contribution in [0.1, 0.15) is 32.2 Å². The Bertz CT molecular complexity index is 688. The third-order valence-electron chi connectivity index (χ3n) is 4.15. The Morgan fingerprint density at radius 3 is 2.25 bits per heavy atom. The fourth-order valence-electron chi connectivity index (χ4n) is 3.06. The van der Waals surface area contributed by atoms with Crippen molar-refractivity contribution in [1.82, 2.24) is 14.8 Å². The standard InChI is InChI=1S/C18H23N3OS.ClH/c1-13-8-14(2)10-16(9-13)18(22)21-6-4-20(5-7-21)11-17-19-15(3)12-23-17;/h8-10,12H,4-7,11H2,1-3H3;1H. The molecule has 2 heterocycles. The first-order chi connectivity index (χ1) is 11.0. The number of carbonyl (C=O) groups is 1. The van der Waals surface area contributed by atoms with Gasteiger partial charge >= 0.3 is 0 Å². The Balaban J connectivity index is 0.00000208. The average molecular weight is 366 g/mol. The predicted octanol–water partition coefficient (Wildman–Crippen LogP) is 3.45. The van der Waals surface area contributed by atoms with Crippen molar-refractivity contribution in [3.8, 4) is 0 Å². The van der Waals surface area contributed by atoms with Crippen molar-refractivity contribution in [3.05, 3.63) is 51.0 Å². The molecule has 0 N–H and O–H groups in total. The van der Waals surface area contributed by atoms with Gasteiger partial charge in [0.25, 0.3) is 5.91 Å². The van der Waals surface area contributed by atoms with Crippen LogP contribution < -0.4 is 0 Å². The molecular formula is C18H24ClN3OS. The molecule has 1 aliphatic rings. The molecule has 0 bridgehead atoms. The van der Waals surface area contributed by atoms with Crippen molar-refractivity contribution in [2.75, 3.05) is 26.2 Å². The molecule has 1 aliphatic heterocycles. The first kappa shape index (κ1) is 18.9. The van der Waals surface area contributed by atoms with Gasteiger partial charge in [-0.2, -0.15) is 0 Å². The summed E-state index contributed by atoms with van der Waals surface area (Å²) in [6, 6.07) is 6.07. The lowest BCUT2D eigenvalue weighted by molar-refractivity contribution is 0.0628. The monoisotopic (exact) mass is 365 g/mol. The molecule has 4 nitrogen and oxygen atoms in total. The van der Waals surface area contributed by atoms with Gasteiger partial charge in [-0.3, -0.25) is 9.69 Å². The lowest BCUT2D eigenvalue weighted by atomic mass is 10.1. The average Bonchev–Trinajstić information content (AvgIpc) is 2.91. The van der Waals surface area contributed by atoms with E-state index in [1.54, 1.807) is 11.3 Å². The summed E-state index contributed by atoms with van der Waals surface area (Å²) in [5.41, 5.74) is 4.19. The number of aromatic nitrogens is 1. The smallest absolute Gasteiger partial charge is 0.253 e. The Labute approximate surface area is 153 Å². The highest BCUT2D eigenvalue weighted by atomic mass is 35.5. The van der Waals surface area contributed by atoms with E-state index in [9.17, 15) is 4.79 Å². The van der Waals surface area contributed by atoms with Crippen LogP contribution in [-0.2, 0) is 6.54 Å². The lowest BCUT2D eigenvalue weighted by Gasteiger charge is -2.34. The molecule has 1 saturated heterocycles. The van der Waals surface area contributed by atoms with Gasteiger partial charge in [0.15, 0.2) is 0 Å². The van der Waals surface area contributed by atoms with Crippen molar-refractivity contribution >= 4 is 29.7 Å². The van der Waals surface area contributed by atoms with Gasteiger partial charge < -0.3 is 4.90 Å². The first-order valence-electron chi connectivity index (χ1n) is 8.02. The molecule has 130 valence electrons. The van der Waals surface area contributed by atoms with Crippen LogP contribution in [0.5, 0.6) is 0 Å². The largest absolute Gasteiger partial charge is 0.336 e. The van der Waals surface area contributed by atoms with E-state index < -0.39 is 0 Å². The molecule has 1 aromatic heterocycles. The van der Waals surface area contributed by atoms with Crippen LogP contribution in [0.15, 0.2) is 23.6 Å². The maximum atomic E-state index is 12.7. The SMILES string of the molecule is Cc1cc(C)cc(C(=O)N2CCN(Cc3nc(C)cs3)CC2)c1.Cl. The van der Waals surface area contributed by atoms with Gasteiger partial charge in [0, 0.05) is 42.8 Å². The van der Waals surface area contributed by atoms with Crippen molar-refractivity contribution in [2.45, 2.75) is 27.3 Å². The van der Waals surface area contributed by atoms with E-state index in [0.717, 1.165) is 60.1 Å². The van der Waals surface area contributed by atoms with Crippen molar-refractivity contribution in [3.63, 3.8) is 0 Å². The summed E-state index contributed by atoms with van der Waals surface area (Å²) < 4.78 is 0. The van der Waals surface area contributed by atoms with Gasteiger partial charge in [0.05, 0.1) is 6.54 Å². The highest BCUT2D eigenvalue weighted by molar-refractivity contribution is 7.09. The molecule has 3 rings (SSSR count). The van der Waals surface area contributed by atoms with Crippen LogP contribution in [-0.4, -0.2) is 46.9 Å². The second-order valence-electron chi connectivity index (χ2n) is 6.33. The van der Waals surface area contributed by atoms with Gasteiger partial charge in [-0.25, -0.2) is 4.98 Å². The Kier molecular flexibility index (Phi) is 6.38. The number of thiazole rings is 1. The van der Waals surface area contributed by atoms with Gasteiger partial charge in [0.1, 0.15) is 5.01 Å². The number of aryl methyl sites for hydroxylation is 3. The summed E-state index contributed by atoms with van der Waals surface area (Å²) in [5, 5.41) is 3.26. The number of piperazine rings is 1. The lowest BCUT2D eigenvalue weighted by Crippen LogP contribution is -2.48. The Hall–Kier alpha value is -1.43. The number of carbonyl (C=O) groups excluding carboxylic acids is 1. The van der Waals surface area contributed by atoms with E-state index in [4.69, 9.17) is 0 Å². The molecular weight excluding hydrogens is 342 g/mol. The minimum atomic E-state index is 0. The Morgan fingerprint density at radius 1 is 1.08 bits per heavy atom. The van der Waals surface area contributed by atoms with Crippen LogP contribution in [0, 0.1) is 20.8 Å². The third-order valence-corrected chi connectivity index (χ3v) is 5.11. The van der Waals surface area contributed by atoms with E-state index in [1.807, 2.05) is 37.8 Å². The molecule has 0 unspecified atom stereocenters. The van der Waals surface area contributed by atoms with Crippen molar-refractivity contribution in [1.29, 1.82) is 0 Å². The van der Waals surface area contributed by atoms with E-state index in [1.165, 1.54) is 0 Å². The van der Waals surface area contributed by atoms with Crippen LogP contribution in [0.2, 0.25) is 0 Å². The zero-order valence-corrected chi connectivity index (χ0v) is 16.0. The molecule has 1 amide bonds. The van der Waals surface area contributed by atoms with Gasteiger partial charge in [-0.1, -0.05) is 17.2 Å². The van der Waals surface area contributed by atoms with E-state index in [0.29, 0.717) is 0 Å². The summed E-state index contributed by atoms with van der Waals surface area (Å²) >= 11 is 1.72. The molecule has 6 heteroatoms. The number of nitrogens with zero attached hydrogens (tertiary/aromatic N) is 3. The number of benzene rings is 1. The number of halogens is 1. The maximum absolute atomic E-state index is 12.7. The zero-order chi connectivity index (χ0) is 16.4. The first-order valence-corrected chi connectivity index (χ1v) is 8.90. The fourth-order valence-corrected chi connectivity index (χ4v) is 3.87. The quantitative estimate of drug-likeness (QED) is 0.835.